The number of halogens is 3. The molecule has 10 heteroatoms. The van der Waals surface area contributed by atoms with Crippen molar-refractivity contribution in [3.8, 4) is 0 Å². The molecule has 0 saturated heterocycles. The predicted octanol–water partition coefficient (Wildman–Crippen LogP) is 5.47. The van der Waals surface area contributed by atoms with E-state index in [0.717, 1.165) is 32.7 Å². The molecule has 6 nitrogen and oxygen atoms in total. The van der Waals surface area contributed by atoms with Gasteiger partial charge in [0.25, 0.3) is 17.4 Å². The van der Waals surface area contributed by atoms with E-state index >= 15 is 0 Å². The minimum atomic E-state index is -4.62. The Morgan fingerprint density at radius 3 is 2.39 bits per heavy atom. The van der Waals surface area contributed by atoms with Crippen LogP contribution in [-0.4, -0.2) is 35.8 Å². The SMILES string of the molecule is Cc1[nH]c(=O)c(C(=O)N(Cc2csc3ccccc23)c2cccc(C(F)(F)F)c2)cc1C(=O)N(C)C. The van der Waals surface area contributed by atoms with E-state index in [0.29, 0.717) is 0 Å². The van der Waals surface area contributed by atoms with E-state index in [1.54, 1.807) is 0 Å². The van der Waals surface area contributed by atoms with Crippen molar-refractivity contribution in [3.63, 3.8) is 0 Å². The lowest BCUT2D eigenvalue weighted by Gasteiger charge is -2.24. The molecule has 2 heterocycles. The van der Waals surface area contributed by atoms with Crippen LogP contribution in [0.5, 0.6) is 0 Å². The molecule has 0 radical (unpaired) electrons. The average Bonchev–Trinajstić information content (AvgIpc) is 3.24. The second kappa shape index (κ2) is 9.62. The van der Waals surface area contributed by atoms with Crippen LogP contribution in [0.3, 0.4) is 0 Å². The van der Waals surface area contributed by atoms with Crippen LogP contribution in [0.25, 0.3) is 10.1 Å². The number of hydrogen-bond acceptors (Lipinski definition) is 4. The number of carbonyl (C=O) groups excluding carboxylic acids is 2. The number of aromatic amines is 1. The molecule has 0 bridgehead atoms. The summed E-state index contributed by atoms with van der Waals surface area (Å²) in [6.07, 6.45) is -4.62. The lowest BCUT2D eigenvalue weighted by molar-refractivity contribution is -0.137. The molecule has 0 aliphatic rings. The fraction of sp³-hybridized carbons (Fsp3) is 0.192. The number of carbonyl (C=O) groups is 2. The van der Waals surface area contributed by atoms with Gasteiger partial charge < -0.3 is 14.8 Å². The van der Waals surface area contributed by atoms with Crippen LogP contribution in [0.2, 0.25) is 0 Å². The third-order valence-electron chi connectivity index (χ3n) is 5.73. The fourth-order valence-electron chi connectivity index (χ4n) is 3.85. The molecule has 2 aromatic heterocycles. The van der Waals surface area contributed by atoms with Crippen LogP contribution in [0.15, 0.2) is 64.8 Å². The molecule has 0 saturated carbocycles. The Morgan fingerprint density at radius 2 is 1.69 bits per heavy atom. The van der Waals surface area contributed by atoms with Gasteiger partial charge in [0.1, 0.15) is 5.56 Å². The molecule has 0 fully saturated rings. The number of thiophene rings is 1. The number of anilines is 1. The van der Waals surface area contributed by atoms with Crippen LogP contribution in [0.1, 0.15) is 37.5 Å². The number of nitrogens with one attached hydrogen (secondary N) is 1. The third kappa shape index (κ3) is 4.90. The quantitative estimate of drug-likeness (QED) is 0.385. The van der Waals surface area contributed by atoms with Crippen molar-refractivity contribution >= 4 is 38.9 Å². The molecule has 0 aliphatic carbocycles. The van der Waals surface area contributed by atoms with Crippen molar-refractivity contribution in [1.29, 1.82) is 0 Å². The number of hydrogen-bond donors (Lipinski definition) is 1. The lowest BCUT2D eigenvalue weighted by atomic mass is 10.1. The van der Waals surface area contributed by atoms with E-state index in [4.69, 9.17) is 0 Å². The standard InChI is InChI=1S/C26H22F3N3O3S/c1-15-20(24(34)31(2)3)12-21(23(33)30-15)25(35)32(18-8-6-7-17(11-18)26(27,28)29)13-16-14-36-22-10-5-4-9-19(16)22/h4-12,14H,13H2,1-3H3,(H,30,33). The maximum Gasteiger partial charge on any atom is 0.416 e. The van der Waals surface area contributed by atoms with Crippen LogP contribution in [0.4, 0.5) is 18.9 Å². The third-order valence-corrected chi connectivity index (χ3v) is 6.74. The number of pyridine rings is 1. The molecule has 4 aromatic rings. The summed E-state index contributed by atoms with van der Waals surface area (Å²) in [5, 5.41) is 2.69. The summed E-state index contributed by atoms with van der Waals surface area (Å²) in [7, 11) is 3.07. The Morgan fingerprint density at radius 1 is 0.972 bits per heavy atom. The lowest BCUT2D eigenvalue weighted by Crippen LogP contribution is -2.36. The predicted molar refractivity (Wildman–Crippen MR) is 134 cm³/mol. The van der Waals surface area contributed by atoms with Crippen LogP contribution < -0.4 is 10.5 Å². The summed E-state index contributed by atoms with van der Waals surface area (Å²) < 4.78 is 41.4. The molecule has 1 N–H and O–H groups in total. The van der Waals surface area contributed by atoms with Crippen molar-refractivity contribution in [2.75, 3.05) is 19.0 Å². The molecule has 36 heavy (non-hydrogen) atoms. The highest BCUT2D eigenvalue weighted by atomic mass is 32.1. The van der Waals surface area contributed by atoms with Crippen molar-refractivity contribution in [2.24, 2.45) is 0 Å². The molecule has 0 atom stereocenters. The Balaban J connectivity index is 1.86. The van der Waals surface area contributed by atoms with Crippen molar-refractivity contribution < 1.29 is 22.8 Å². The van der Waals surface area contributed by atoms with E-state index in [9.17, 15) is 27.6 Å². The van der Waals surface area contributed by atoms with Gasteiger partial charge in [0.05, 0.1) is 17.7 Å². The zero-order valence-corrected chi connectivity index (χ0v) is 20.5. The van der Waals surface area contributed by atoms with Gasteiger partial charge in [0, 0.05) is 30.2 Å². The number of benzene rings is 2. The summed E-state index contributed by atoms with van der Waals surface area (Å²) in [5.41, 5.74) is -0.908. The molecular formula is C26H22F3N3O3S. The molecule has 0 spiro atoms. The minimum absolute atomic E-state index is 0.0226. The molecular weight excluding hydrogens is 491 g/mol. The van der Waals surface area contributed by atoms with Gasteiger partial charge in [0.15, 0.2) is 0 Å². The monoisotopic (exact) mass is 513 g/mol. The highest BCUT2D eigenvalue weighted by Crippen LogP contribution is 2.34. The summed E-state index contributed by atoms with van der Waals surface area (Å²) in [6.45, 7) is 1.46. The smallest absolute Gasteiger partial charge is 0.345 e. The van der Waals surface area contributed by atoms with E-state index < -0.39 is 29.1 Å². The summed E-state index contributed by atoms with van der Waals surface area (Å²) in [6, 6.07) is 13.1. The molecule has 2 aromatic carbocycles. The van der Waals surface area contributed by atoms with E-state index in [1.807, 2.05) is 29.6 Å². The number of aromatic nitrogens is 1. The largest absolute Gasteiger partial charge is 0.416 e. The topological polar surface area (TPSA) is 73.5 Å². The van der Waals surface area contributed by atoms with Gasteiger partial charge in [-0.1, -0.05) is 24.3 Å². The van der Waals surface area contributed by atoms with Crippen LogP contribution in [0, 0.1) is 6.92 Å². The maximum atomic E-state index is 13.7. The van der Waals surface area contributed by atoms with Gasteiger partial charge in [-0.25, -0.2) is 0 Å². The van der Waals surface area contributed by atoms with E-state index in [1.165, 1.54) is 55.5 Å². The average molecular weight is 514 g/mol. The first-order valence-electron chi connectivity index (χ1n) is 10.9. The van der Waals surface area contributed by atoms with Crippen molar-refractivity contribution in [2.45, 2.75) is 19.6 Å². The van der Waals surface area contributed by atoms with E-state index in [-0.39, 0.29) is 29.1 Å². The Labute approximate surface area is 208 Å². The first kappa shape index (κ1) is 25.2. The van der Waals surface area contributed by atoms with Gasteiger partial charge in [-0.15, -0.1) is 11.3 Å². The molecule has 2 amide bonds. The zero-order valence-electron chi connectivity index (χ0n) is 19.6. The minimum Gasteiger partial charge on any atom is -0.345 e. The summed E-state index contributed by atoms with van der Waals surface area (Å²) in [4.78, 5) is 44.1. The number of alkyl halides is 3. The fourth-order valence-corrected chi connectivity index (χ4v) is 4.80. The highest BCUT2D eigenvalue weighted by Gasteiger charge is 2.32. The van der Waals surface area contributed by atoms with Crippen LogP contribution in [-0.2, 0) is 12.7 Å². The first-order chi connectivity index (χ1) is 17.0. The molecule has 4 rings (SSSR count). The maximum absolute atomic E-state index is 13.7. The van der Waals surface area contributed by atoms with Gasteiger partial charge in [-0.3, -0.25) is 14.4 Å². The zero-order chi connectivity index (χ0) is 26.2. The number of nitrogens with zero attached hydrogens (tertiary/aromatic N) is 2. The summed E-state index contributed by atoms with van der Waals surface area (Å²) in [5.74, 6) is -1.24. The normalized spacial score (nSPS) is 11.5. The summed E-state index contributed by atoms with van der Waals surface area (Å²) >= 11 is 1.44. The Hall–Kier alpha value is -3.92. The van der Waals surface area contributed by atoms with Crippen LogP contribution >= 0.6 is 11.3 Å². The van der Waals surface area contributed by atoms with Gasteiger partial charge in [-0.05, 0) is 53.6 Å². The van der Waals surface area contributed by atoms with Gasteiger partial charge >= 0.3 is 6.18 Å². The number of fused-ring (bicyclic) bond motifs is 1. The van der Waals surface area contributed by atoms with Crippen molar-refractivity contribution in [3.05, 3.63) is 98.3 Å². The first-order valence-corrected chi connectivity index (χ1v) is 11.7. The number of H-pyrrole nitrogens is 1. The second-order valence-electron chi connectivity index (χ2n) is 8.45. The number of rotatable bonds is 5. The second-order valence-corrected chi connectivity index (χ2v) is 9.36. The number of amides is 2. The Kier molecular flexibility index (Phi) is 6.73. The van der Waals surface area contributed by atoms with Crippen molar-refractivity contribution in [1.82, 2.24) is 9.88 Å². The molecule has 186 valence electrons. The van der Waals surface area contributed by atoms with Gasteiger partial charge in [0.2, 0.25) is 0 Å². The Bertz CT molecular complexity index is 1520. The van der Waals surface area contributed by atoms with E-state index in [2.05, 4.69) is 4.98 Å². The highest BCUT2D eigenvalue weighted by molar-refractivity contribution is 7.17. The number of aryl methyl sites for hydroxylation is 1. The molecule has 0 unspecified atom stereocenters. The molecule has 0 aliphatic heterocycles. The van der Waals surface area contributed by atoms with Gasteiger partial charge in [-0.2, -0.15) is 13.2 Å².